The van der Waals surface area contributed by atoms with E-state index in [4.69, 9.17) is 4.74 Å². The van der Waals surface area contributed by atoms with Crippen LogP contribution >= 0.6 is 0 Å². The highest BCUT2D eigenvalue weighted by Gasteiger charge is 2.29. The number of urea groups is 1. The molecule has 2 N–H and O–H groups in total. The first-order valence-corrected chi connectivity index (χ1v) is 15.5. The van der Waals surface area contributed by atoms with Gasteiger partial charge in [0, 0.05) is 19.5 Å². The zero-order valence-electron chi connectivity index (χ0n) is 25.6. The van der Waals surface area contributed by atoms with E-state index in [-0.39, 0.29) is 26.1 Å². The Morgan fingerprint density at radius 2 is 1.26 bits per heavy atom. The number of aryl methyl sites for hydroxylation is 1. The molecule has 5 aromatic rings. The molecule has 7 nitrogen and oxygen atoms in total. The fourth-order valence-electron chi connectivity index (χ4n) is 5.45. The van der Waals surface area contributed by atoms with Gasteiger partial charge in [-0.25, -0.2) is 9.59 Å². The normalized spacial score (nSPS) is 12.2. The van der Waals surface area contributed by atoms with Crippen LogP contribution in [0.15, 0.2) is 133 Å². The predicted molar refractivity (Wildman–Crippen MR) is 179 cm³/mol. The third kappa shape index (κ3) is 9.29. The van der Waals surface area contributed by atoms with Gasteiger partial charge in [-0.1, -0.05) is 133 Å². The zero-order chi connectivity index (χ0) is 32.1. The molecule has 7 heteroatoms. The Hall–Kier alpha value is -5.43. The highest BCUT2D eigenvalue weighted by molar-refractivity contribution is 5.85. The maximum Gasteiger partial charge on any atom is 0.326 e. The topological polar surface area (TPSA) is 95.9 Å². The van der Waals surface area contributed by atoms with Gasteiger partial charge in [-0.3, -0.25) is 4.79 Å². The van der Waals surface area contributed by atoms with Crippen LogP contribution in [0.2, 0.25) is 0 Å². The van der Waals surface area contributed by atoms with Crippen LogP contribution in [0.25, 0.3) is 10.8 Å². The van der Waals surface area contributed by atoms with Crippen LogP contribution in [0.5, 0.6) is 0 Å². The van der Waals surface area contributed by atoms with Crippen molar-refractivity contribution in [1.82, 2.24) is 10.2 Å². The number of carboxylic acid groups (broad SMARTS) is 1. The van der Waals surface area contributed by atoms with E-state index in [1.165, 1.54) is 4.90 Å². The van der Waals surface area contributed by atoms with E-state index in [2.05, 4.69) is 5.32 Å². The number of carbonyl (C=O) groups is 3. The molecule has 46 heavy (non-hydrogen) atoms. The molecule has 0 heterocycles. The molecule has 0 aliphatic heterocycles. The molecule has 0 spiro atoms. The molecule has 0 aliphatic rings. The Bertz CT molecular complexity index is 1730. The van der Waals surface area contributed by atoms with Crippen molar-refractivity contribution in [3.8, 4) is 0 Å². The van der Waals surface area contributed by atoms with Gasteiger partial charge in [0.15, 0.2) is 0 Å². The average molecular weight is 615 g/mol. The van der Waals surface area contributed by atoms with Crippen molar-refractivity contribution in [3.63, 3.8) is 0 Å². The molecule has 1 unspecified atom stereocenters. The average Bonchev–Trinajstić information content (AvgIpc) is 3.09. The van der Waals surface area contributed by atoms with Crippen molar-refractivity contribution in [2.24, 2.45) is 5.92 Å². The number of carbonyl (C=O) groups excluding carboxylic acids is 2. The first-order chi connectivity index (χ1) is 22.4. The third-order valence-electron chi connectivity index (χ3n) is 7.98. The van der Waals surface area contributed by atoms with Crippen LogP contribution in [-0.2, 0) is 40.3 Å². The molecule has 5 aromatic carbocycles. The molecule has 0 aliphatic carbocycles. The molecule has 0 saturated carbocycles. The van der Waals surface area contributed by atoms with Crippen LogP contribution in [0.1, 0.15) is 28.7 Å². The Labute approximate surface area is 269 Å². The lowest BCUT2D eigenvalue weighted by Gasteiger charge is -2.29. The van der Waals surface area contributed by atoms with Gasteiger partial charge in [-0.05, 0) is 45.9 Å². The van der Waals surface area contributed by atoms with Gasteiger partial charge in [0.1, 0.15) is 12.6 Å². The van der Waals surface area contributed by atoms with Crippen molar-refractivity contribution in [2.45, 2.75) is 38.5 Å². The van der Waals surface area contributed by atoms with E-state index >= 15 is 0 Å². The van der Waals surface area contributed by atoms with E-state index in [1.807, 2.05) is 133 Å². The molecule has 2 amide bonds. The van der Waals surface area contributed by atoms with Gasteiger partial charge in [0.25, 0.3) is 0 Å². The maximum atomic E-state index is 13.9. The van der Waals surface area contributed by atoms with E-state index < -0.39 is 29.9 Å². The number of rotatable bonds is 14. The van der Waals surface area contributed by atoms with Gasteiger partial charge >= 0.3 is 18.0 Å². The Morgan fingerprint density at radius 3 is 1.91 bits per heavy atom. The standard InChI is InChI=1S/C39H38N2O5/c42-37(43)36(25-32-21-22-33-18-10-11-19-34(33)24-32)40-39(45)41(26-30-14-6-2-7-15-30)27-35(23-20-29-12-4-1-5-13-29)38(44)46-28-31-16-8-3-9-17-31/h1-19,21-22,24,35-36H,20,23,25-28H2,(H,40,45)(H,42,43)/t35?,36-/m0/s1. The monoisotopic (exact) mass is 614 g/mol. The highest BCUT2D eigenvalue weighted by Crippen LogP contribution is 2.19. The van der Waals surface area contributed by atoms with E-state index in [9.17, 15) is 19.5 Å². The van der Waals surface area contributed by atoms with Crippen LogP contribution in [0.4, 0.5) is 4.79 Å². The Kier molecular flexibility index (Phi) is 11.2. The van der Waals surface area contributed by atoms with Gasteiger partial charge in [0.2, 0.25) is 0 Å². The summed E-state index contributed by atoms with van der Waals surface area (Å²) in [7, 11) is 0. The quantitative estimate of drug-likeness (QED) is 0.131. The largest absolute Gasteiger partial charge is 0.480 e. The van der Waals surface area contributed by atoms with Gasteiger partial charge in [0.05, 0.1) is 5.92 Å². The summed E-state index contributed by atoms with van der Waals surface area (Å²) in [4.78, 5) is 41.3. The molecule has 2 atom stereocenters. The maximum absolute atomic E-state index is 13.9. The number of nitrogens with zero attached hydrogens (tertiary/aromatic N) is 1. The summed E-state index contributed by atoms with van der Waals surface area (Å²) in [5, 5.41) is 14.9. The molecular formula is C39H38N2O5. The number of hydrogen-bond acceptors (Lipinski definition) is 4. The van der Waals surface area contributed by atoms with Crippen LogP contribution in [0.3, 0.4) is 0 Å². The molecule has 0 fully saturated rings. The lowest BCUT2D eigenvalue weighted by Crippen LogP contribution is -2.50. The predicted octanol–water partition coefficient (Wildman–Crippen LogP) is 7.04. The summed E-state index contributed by atoms with van der Waals surface area (Å²) < 4.78 is 5.75. The lowest BCUT2D eigenvalue weighted by atomic mass is 9.98. The second-order valence-corrected chi connectivity index (χ2v) is 11.4. The van der Waals surface area contributed by atoms with Gasteiger partial charge in [-0.15, -0.1) is 0 Å². The SMILES string of the molecule is O=C(OCc1ccccc1)C(CCc1ccccc1)CN(Cc1ccccc1)C(=O)N[C@@H](Cc1ccc2ccccc2c1)C(=O)O. The zero-order valence-corrected chi connectivity index (χ0v) is 25.6. The Balaban J connectivity index is 1.35. The summed E-state index contributed by atoms with van der Waals surface area (Å²) in [6.07, 6.45) is 1.18. The van der Waals surface area contributed by atoms with E-state index in [1.54, 1.807) is 0 Å². The second-order valence-electron chi connectivity index (χ2n) is 11.4. The van der Waals surface area contributed by atoms with E-state index in [0.717, 1.165) is 33.0 Å². The number of carboxylic acids is 1. The number of nitrogens with one attached hydrogen (secondary N) is 1. The molecule has 0 saturated heterocycles. The molecule has 0 aromatic heterocycles. The van der Waals surface area contributed by atoms with Gasteiger partial charge < -0.3 is 20.1 Å². The van der Waals surface area contributed by atoms with Crippen LogP contribution in [0, 0.1) is 5.92 Å². The minimum atomic E-state index is -1.17. The summed E-state index contributed by atoms with van der Waals surface area (Å²) >= 11 is 0. The summed E-state index contributed by atoms with van der Waals surface area (Å²) in [6.45, 7) is 0.380. The van der Waals surface area contributed by atoms with Crippen molar-refractivity contribution >= 4 is 28.7 Å². The van der Waals surface area contributed by atoms with Crippen molar-refractivity contribution in [3.05, 3.63) is 156 Å². The van der Waals surface area contributed by atoms with Gasteiger partial charge in [-0.2, -0.15) is 0 Å². The smallest absolute Gasteiger partial charge is 0.326 e. The van der Waals surface area contributed by atoms with Crippen LogP contribution in [-0.4, -0.2) is 40.6 Å². The molecule has 5 rings (SSSR count). The highest BCUT2D eigenvalue weighted by atomic mass is 16.5. The summed E-state index contributed by atoms with van der Waals surface area (Å²) in [5.41, 5.74) is 3.60. The first kappa shape index (κ1) is 32.0. The molecular weight excluding hydrogens is 576 g/mol. The number of amides is 2. The number of benzene rings is 5. The summed E-state index contributed by atoms with van der Waals surface area (Å²) in [6, 6.07) is 40.7. The van der Waals surface area contributed by atoms with E-state index in [0.29, 0.717) is 12.8 Å². The van der Waals surface area contributed by atoms with Crippen LogP contribution < -0.4 is 5.32 Å². The Morgan fingerprint density at radius 1 is 0.674 bits per heavy atom. The fraction of sp³-hybridized carbons (Fsp3) is 0.205. The second kappa shape index (κ2) is 16.0. The number of ether oxygens (including phenoxy) is 1. The molecule has 234 valence electrons. The number of esters is 1. The lowest BCUT2D eigenvalue weighted by molar-refractivity contribution is -0.150. The summed E-state index contributed by atoms with van der Waals surface area (Å²) in [5.74, 6) is -2.18. The number of aliphatic carboxylic acids is 1. The molecule has 0 bridgehead atoms. The first-order valence-electron chi connectivity index (χ1n) is 15.5. The fourth-order valence-corrected chi connectivity index (χ4v) is 5.45. The number of fused-ring (bicyclic) bond motifs is 1. The van der Waals surface area contributed by atoms with Crippen molar-refractivity contribution < 1.29 is 24.2 Å². The van der Waals surface area contributed by atoms with Crippen molar-refractivity contribution in [1.29, 1.82) is 0 Å². The molecule has 0 radical (unpaired) electrons. The number of hydrogen-bond donors (Lipinski definition) is 2. The minimum absolute atomic E-state index is 0.0590. The third-order valence-corrected chi connectivity index (χ3v) is 7.98. The minimum Gasteiger partial charge on any atom is -0.480 e. The van der Waals surface area contributed by atoms with Crippen molar-refractivity contribution in [2.75, 3.05) is 6.54 Å².